The van der Waals surface area contributed by atoms with Gasteiger partial charge in [-0.25, -0.2) is 14.5 Å². The van der Waals surface area contributed by atoms with Crippen molar-refractivity contribution in [2.24, 2.45) is 7.05 Å². The van der Waals surface area contributed by atoms with Crippen LogP contribution in [0.2, 0.25) is 5.02 Å². The number of aromatic nitrogens is 5. The van der Waals surface area contributed by atoms with Crippen LogP contribution in [0.15, 0.2) is 36.7 Å². The largest absolute Gasteiger partial charge is 0.417 e. The molecular formula is C15H9ClF3N5. The Bertz CT molecular complexity index is 1080. The Labute approximate surface area is 138 Å². The van der Waals surface area contributed by atoms with E-state index in [2.05, 4.69) is 15.1 Å². The van der Waals surface area contributed by atoms with Crippen LogP contribution in [0.5, 0.6) is 0 Å². The smallest absolute Gasteiger partial charge is 0.310 e. The number of alkyl halides is 3. The normalized spacial score (nSPS) is 12.4. The zero-order valence-electron chi connectivity index (χ0n) is 12.2. The summed E-state index contributed by atoms with van der Waals surface area (Å²) in [5, 5.41) is 4.90. The van der Waals surface area contributed by atoms with Crippen LogP contribution in [-0.4, -0.2) is 24.1 Å². The first kappa shape index (κ1) is 14.9. The Morgan fingerprint density at radius 1 is 1.17 bits per heavy atom. The van der Waals surface area contributed by atoms with Gasteiger partial charge in [-0.15, -0.1) is 0 Å². The van der Waals surface area contributed by atoms with Gasteiger partial charge in [0.05, 0.1) is 16.1 Å². The molecule has 4 heterocycles. The molecule has 0 aromatic carbocycles. The second-order valence-corrected chi connectivity index (χ2v) is 5.74. The number of fused-ring (bicyclic) bond motifs is 2. The van der Waals surface area contributed by atoms with Crippen molar-refractivity contribution in [2.75, 3.05) is 0 Å². The molecule has 24 heavy (non-hydrogen) atoms. The van der Waals surface area contributed by atoms with Crippen LogP contribution in [-0.2, 0) is 13.2 Å². The van der Waals surface area contributed by atoms with E-state index >= 15 is 0 Å². The van der Waals surface area contributed by atoms with Crippen LogP contribution >= 0.6 is 11.6 Å². The number of aryl methyl sites for hydroxylation is 1. The summed E-state index contributed by atoms with van der Waals surface area (Å²) in [5.74, 6) is 0.427. The molecule has 4 aromatic heterocycles. The topological polar surface area (TPSA) is 48.0 Å². The van der Waals surface area contributed by atoms with E-state index < -0.39 is 11.7 Å². The summed E-state index contributed by atoms with van der Waals surface area (Å²) in [5.41, 5.74) is 1.00. The fourth-order valence-electron chi connectivity index (χ4n) is 2.53. The van der Waals surface area contributed by atoms with Gasteiger partial charge < -0.3 is 4.57 Å². The molecule has 0 bridgehead atoms. The molecule has 0 amide bonds. The number of hydrogen-bond donors (Lipinski definition) is 0. The molecule has 9 heteroatoms. The van der Waals surface area contributed by atoms with Gasteiger partial charge in [0.15, 0.2) is 11.5 Å². The maximum Gasteiger partial charge on any atom is 0.417 e. The molecule has 0 spiro atoms. The summed E-state index contributed by atoms with van der Waals surface area (Å²) in [6.45, 7) is 0. The Balaban J connectivity index is 1.90. The van der Waals surface area contributed by atoms with Gasteiger partial charge in [0.1, 0.15) is 11.2 Å². The minimum absolute atomic E-state index is 0.164. The highest BCUT2D eigenvalue weighted by atomic mass is 35.5. The molecule has 5 nitrogen and oxygen atoms in total. The van der Waals surface area contributed by atoms with E-state index in [-0.39, 0.29) is 5.52 Å². The van der Waals surface area contributed by atoms with E-state index in [1.54, 1.807) is 40.5 Å². The van der Waals surface area contributed by atoms with E-state index in [9.17, 15) is 13.2 Å². The first-order valence-corrected chi connectivity index (χ1v) is 7.26. The predicted molar refractivity (Wildman–Crippen MR) is 82.7 cm³/mol. The highest BCUT2D eigenvalue weighted by molar-refractivity contribution is 6.30. The van der Waals surface area contributed by atoms with E-state index in [4.69, 9.17) is 11.6 Å². The van der Waals surface area contributed by atoms with Crippen LogP contribution in [0, 0.1) is 0 Å². The molecule has 0 aliphatic heterocycles. The molecule has 0 fully saturated rings. The molecule has 4 rings (SSSR count). The van der Waals surface area contributed by atoms with Crippen molar-refractivity contribution >= 4 is 28.3 Å². The van der Waals surface area contributed by atoms with Crippen molar-refractivity contribution in [3.05, 3.63) is 47.2 Å². The van der Waals surface area contributed by atoms with E-state index in [1.807, 2.05) is 0 Å². The van der Waals surface area contributed by atoms with Gasteiger partial charge in [0, 0.05) is 19.4 Å². The average Bonchev–Trinajstić information content (AvgIpc) is 3.07. The molecule has 0 saturated carbocycles. The molecule has 0 N–H and O–H groups in total. The Morgan fingerprint density at radius 2 is 1.96 bits per heavy atom. The molecule has 0 unspecified atom stereocenters. The van der Waals surface area contributed by atoms with Crippen LogP contribution in [0.1, 0.15) is 5.56 Å². The lowest BCUT2D eigenvalue weighted by molar-refractivity contribution is -0.137. The summed E-state index contributed by atoms with van der Waals surface area (Å²) in [7, 11) is 1.68. The third kappa shape index (κ3) is 2.30. The summed E-state index contributed by atoms with van der Waals surface area (Å²) in [6.07, 6.45) is -2.01. The number of rotatable bonds is 1. The first-order valence-electron chi connectivity index (χ1n) is 6.88. The average molecular weight is 352 g/mol. The number of halogens is 4. The third-order valence-corrected chi connectivity index (χ3v) is 3.91. The molecule has 0 atom stereocenters. The van der Waals surface area contributed by atoms with Crippen LogP contribution < -0.4 is 0 Å². The second-order valence-electron chi connectivity index (χ2n) is 5.31. The van der Waals surface area contributed by atoms with Crippen molar-refractivity contribution in [3.8, 4) is 11.5 Å². The van der Waals surface area contributed by atoms with E-state index in [1.165, 1.54) is 0 Å². The van der Waals surface area contributed by atoms with Gasteiger partial charge in [-0.1, -0.05) is 11.6 Å². The van der Waals surface area contributed by atoms with Crippen LogP contribution in [0.3, 0.4) is 0 Å². The second kappa shape index (κ2) is 4.94. The monoisotopic (exact) mass is 351 g/mol. The van der Waals surface area contributed by atoms with Gasteiger partial charge >= 0.3 is 6.18 Å². The van der Waals surface area contributed by atoms with E-state index in [0.29, 0.717) is 22.2 Å². The third-order valence-electron chi connectivity index (χ3n) is 3.69. The highest BCUT2D eigenvalue weighted by Crippen LogP contribution is 2.31. The van der Waals surface area contributed by atoms with Crippen LogP contribution in [0.25, 0.3) is 28.2 Å². The fourth-order valence-corrected chi connectivity index (χ4v) is 2.69. The SMILES string of the molecule is Cn1c(-c2cc3ccc(Cl)cn3n2)nc2cc(C(F)(F)F)cnc21. The quantitative estimate of drug-likeness (QED) is 0.521. The standard InChI is InChI=1S/C15H9ClF3N5/c1-23-13-11(4-8(6-20-13)15(17,18)19)21-14(23)12-5-10-3-2-9(16)7-24(10)22-12/h2-7H,1H3. The minimum atomic E-state index is -4.46. The zero-order valence-corrected chi connectivity index (χ0v) is 13.0. The Hall–Kier alpha value is -2.61. The van der Waals surface area contributed by atoms with Gasteiger partial charge in [-0.2, -0.15) is 18.3 Å². The maximum atomic E-state index is 12.8. The van der Waals surface area contributed by atoms with Gasteiger partial charge in [-0.05, 0) is 24.3 Å². The number of imidazole rings is 1. The van der Waals surface area contributed by atoms with Crippen molar-refractivity contribution < 1.29 is 13.2 Å². The summed E-state index contributed by atoms with van der Waals surface area (Å²) < 4.78 is 41.7. The first-order chi connectivity index (χ1) is 11.3. The van der Waals surface area contributed by atoms with Crippen molar-refractivity contribution in [1.82, 2.24) is 24.1 Å². The molecule has 0 aliphatic rings. The zero-order chi connectivity index (χ0) is 17.1. The lowest BCUT2D eigenvalue weighted by Crippen LogP contribution is -2.05. The molecule has 0 aliphatic carbocycles. The Kier molecular flexibility index (Phi) is 3.08. The number of nitrogens with zero attached hydrogens (tertiary/aromatic N) is 5. The van der Waals surface area contributed by atoms with Gasteiger partial charge in [-0.3, -0.25) is 0 Å². The number of hydrogen-bond acceptors (Lipinski definition) is 3. The highest BCUT2D eigenvalue weighted by Gasteiger charge is 2.31. The van der Waals surface area contributed by atoms with Crippen molar-refractivity contribution in [2.45, 2.75) is 6.18 Å². The minimum Gasteiger partial charge on any atom is -0.310 e. The summed E-state index contributed by atoms with van der Waals surface area (Å²) in [4.78, 5) is 8.15. The van der Waals surface area contributed by atoms with Crippen molar-refractivity contribution in [1.29, 1.82) is 0 Å². The molecule has 0 saturated heterocycles. The van der Waals surface area contributed by atoms with Gasteiger partial charge in [0.2, 0.25) is 0 Å². The lowest BCUT2D eigenvalue weighted by Gasteiger charge is -2.05. The maximum absolute atomic E-state index is 12.8. The van der Waals surface area contributed by atoms with Gasteiger partial charge in [0.25, 0.3) is 0 Å². The molecular weight excluding hydrogens is 343 g/mol. The number of pyridine rings is 2. The summed E-state index contributed by atoms with van der Waals surface area (Å²) in [6, 6.07) is 6.29. The predicted octanol–water partition coefficient (Wildman–Crippen LogP) is 3.96. The summed E-state index contributed by atoms with van der Waals surface area (Å²) >= 11 is 5.93. The fraction of sp³-hybridized carbons (Fsp3) is 0.133. The van der Waals surface area contributed by atoms with Crippen molar-refractivity contribution in [3.63, 3.8) is 0 Å². The lowest BCUT2D eigenvalue weighted by atomic mass is 10.2. The van der Waals surface area contributed by atoms with Crippen LogP contribution in [0.4, 0.5) is 13.2 Å². The Morgan fingerprint density at radius 3 is 2.71 bits per heavy atom. The van der Waals surface area contributed by atoms with E-state index in [0.717, 1.165) is 17.8 Å². The molecule has 122 valence electrons. The molecule has 0 radical (unpaired) electrons. The molecule has 4 aromatic rings.